The van der Waals surface area contributed by atoms with Gasteiger partial charge < -0.3 is 10.0 Å². The van der Waals surface area contributed by atoms with Crippen LogP contribution in [-0.4, -0.2) is 29.5 Å². The topological polar surface area (TPSA) is 40.5 Å². The summed E-state index contributed by atoms with van der Waals surface area (Å²) >= 11 is 0. The molecule has 1 aromatic rings. The molecule has 0 aliphatic rings. The molecule has 0 atom stereocenters. The first-order valence-corrected chi connectivity index (χ1v) is 7.53. The van der Waals surface area contributed by atoms with E-state index in [9.17, 15) is 9.90 Å². The molecule has 3 nitrogen and oxygen atoms in total. The minimum atomic E-state index is -0.217. The Morgan fingerprint density at radius 3 is 1.71 bits per heavy atom. The predicted octanol–water partition coefficient (Wildman–Crippen LogP) is 4.08. The van der Waals surface area contributed by atoms with Gasteiger partial charge in [0.1, 0.15) is 5.75 Å². The van der Waals surface area contributed by atoms with Crippen molar-refractivity contribution in [3.05, 3.63) is 28.8 Å². The normalized spacial score (nSPS) is 12.4. The Hall–Kier alpha value is -1.51. The number of amides is 1. The maximum Gasteiger partial charge on any atom is 0.253 e. The van der Waals surface area contributed by atoms with Crippen molar-refractivity contribution in [1.29, 1.82) is 0 Å². The summed E-state index contributed by atoms with van der Waals surface area (Å²) in [5.74, 6) is 0.305. The van der Waals surface area contributed by atoms with Crippen LogP contribution in [0.3, 0.4) is 0 Å². The van der Waals surface area contributed by atoms with Crippen LogP contribution in [0.25, 0.3) is 0 Å². The van der Waals surface area contributed by atoms with Crippen LogP contribution >= 0.6 is 0 Å². The fourth-order valence-corrected chi connectivity index (χ4v) is 2.27. The highest BCUT2D eigenvalue weighted by molar-refractivity contribution is 5.95. The van der Waals surface area contributed by atoms with Gasteiger partial charge in [0.15, 0.2) is 0 Å². The number of rotatable bonds is 2. The third-order valence-electron chi connectivity index (χ3n) is 3.79. The molecule has 0 saturated heterocycles. The molecule has 1 rings (SSSR count). The number of phenols is 1. The smallest absolute Gasteiger partial charge is 0.253 e. The number of aromatic hydroxyl groups is 1. The first kappa shape index (κ1) is 17.5. The Morgan fingerprint density at radius 1 is 1.05 bits per heavy atom. The number of phenolic OH excluding ortho intramolecular Hbond substituents is 1. The van der Waals surface area contributed by atoms with Crippen LogP contribution in [0.5, 0.6) is 5.75 Å². The molecule has 3 heteroatoms. The number of carbonyl (C=O) groups excluding carboxylic acids is 1. The first-order chi connectivity index (χ1) is 9.39. The van der Waals surface area contributed by atoms with Gasteiger partial charge in [-0.1, -0.05) is 41.5 Å². The van der Waals surface area contributed by atoms with Crippen molar-refractivity contribution in [3.63, 3.8) is 0 Å². The Balaban J connectivity index is 3.59. The number of hydrogen-bond donors (Lipinski definition) is 1. The van der Waals surface area contributed by atoms with Crippen LogP contribution < -0.4 is 0 Å². The molecule has 0 fully saturated rings. The van der Waals surface area contributed by atoms with E-state index in [1.54, 1.807) is 11.9 Å². The highest BCUT2D eigenvalue weighted by Gasteiger charge is 2.28. The van der Waals surface area contributed by atoms with Gasteiger partial charge in [0.25, 0.3) is 5.91 Å². The molecule has 21 heavy (non-hydrogen) atoms. The zero-order chi connectivity index (χ0) is 16.6. The Morgan fingerprint density at radius 2 is 1.43 bits per heavy atom. The largest absolute Gasteiger partial charge is 0.507 e. The lowest BCUT2D eigenvalue weighted by molar-refractivity contribution is 0.0802. The van der Waals surface area contributed by atoms with Crippen molar-refractivity contribution >= 4 is 5.91 Å². The third-order valence-corrected chi connectivity index (χ3v) is 3.79. The minimum absolute atomic E-state index is 0.00602. The monoisotopic (exact) mass is 291 g/mol. The Kier molecular flexibility index (Phi) is 4.76. The second-order valence-electron chi connectivity index (χ2n) is 7.74. The van der Waals surface area contributed by atoms with E-state index < -0.39 is 0 Å². The van der Waals surface area contributed by atoms with E-state index in [4.69, 9.17) is 0 Å². The van der Waals surface area contributed by atoms with Crippen LogP contribution in [0.15, 0.2) is 12.1 Å². The number of nitrogens with zero attached hydrogens (tertiary/aromatic N) is 1. The van der Waals surface area contributed by atoms with Gasteiger partial charge in [0, 0.05) is 30.3 Å². The van der Waals surface area contributed by atoms with E-state index in [0.717, 1.165) is 11.1 Å². The number of hydrogen-bond acceptors (Lipinski definition) is 2. The summed E-state index contributed by atoms with van der Waals surface area (Å²) in [7, 11) is 1.79. The molecule has 0 bridgehead atoms. The van der Waals surface area contributed by atoms with Crippen LogP contribution in [0.4, 0.5) is 0 Å². The zero-order valence-electron chi connectivity index (χ0n) is 14.7. The highest BCUT2D eigenvalue weighted by Crippen LogP contribution is 2.39. The number of benzene rings is 1. The van der Waals surface area contributed by atoms with Crippen molar-refractivity contribution < 1.29 is 9.90 Å². The van der Waals surface area contributed by atoms with E-state index >= 15 is 0 Å². The lowest BCUT2D eigenvalue weighted by atomic mass is 9.78. The van der Waals surface area contributed by atoms with Gasteiger partial charge in [-0.15, -0.1) is 0 Å². The summed E-state index contributed by atoms with van der Waals surface area (Å²) in [6.07, 6.45) is 0. The van der Waals surface area contributed by atoms with Crippen molar-refractivity contribution in [2.45, 2.75) is 59.3 Å². The van der Waals surface area contributed by atoms with Crippen molar-refractivity contribution in [2.24, 2.45) is 0 Å². The standard InChI is InChI=1S/C18H29NO2/c1-9-19(8)16(21)12-10-13(17(2,3)4)15(20)14(11-12)18(5,6)7/h10-11,20H,9H2,1-8H3. The molecular weight excluding hydrogens is 262 g/mol. The molecule has 1 amide bonds. The Labute approximate surface area is 129 Å². The molecule has 0 saturated carbocycles. The van der Waals surface area contributed by atoms with E-state index in [0.29, 0.717) is 17.9 Å². The van der Waals surface area contributed by atoms with Crippen LogP contribution in [0.2, 0.25) is 0 Å². The van der Waals surface area contributed by atoms with Gasteiger partial charge in [-0.3, -0.25) is 4.79 Å². The maximum atomic E-state index is 12.5. The Bertz CT molecular complexity index is 498. The van der Waals surface area contributed by atoms with Gasteiger partial charge in [0.05, 0.1) is 0 Å². The van der Waals surface area contributed by atoms with Crippen molar-refractivity contribution in [1.82, 2.24) is 4.90 Å². The summed E-state index contributed by atoms with van der Waals surface area (Å²) in [5.41, 5.74) is 1.86. The lowest BCUT2D eigenvalue weighted by Crippen LogP contribution is -2.27. The van der Waals surface area contributed by atoms with E-state index in [2.05, 4.69) is 0 Å². The predicted molar refractivity (Wildman–Crippen MR) is 88.1 cm³/mol. The molecular formula is C18H29NO2. The van der Waals surface area contributed by atoms with Crippen LogP contribution in [0, 0.1) is 0 Å². The molecule has 1 N–H and O–H groups in total. The van der Waals surface area contributed by atoms with Crippen LogP contribution in [0.1, 0.15) is 70.0 Å². The van der Waals surface area contributed by atoms with E-state index in [1.807, 2.05) is 60.6 Å². The molecule has 0 aromatic heterocycles. The molecule has 0 heterocycles. The lowest BCUT2D eigenvalue weighted by Gasteiger charge is -2.28. The molecule has 0 spiro atoms. The average molecular weight is 291 g/mol. The average Bonchev–Trinajstić information content (AvgIpc) is 2.34. The summed E-state index contributed by atoms with van der Waals surface area (Å²) in [5, 5.41) is 10.6. The van der Waals surface area contributed by atoms with Gasteiger partial charge in [-0.05, 0) is 29.9 Å². The molecule has 0 unspecified atom stereocenters. The summed E-state index contributed by atoms with van der Waals surface area (Å²) in [4.78, 5) is 14.2. The summed E-state index contributed by atoms with van der Waals surface area (Å²) < 4.78 is 0. The SMILES string of the molecule is CCN(C)C(=O)c1cc(C(C)(C)C)c(O)c(C(C)(C)C)c1. The maximum absolute atomic E-state index is 12.5. The van der Waals surface area contributed by atoms with Crippen molar-refractivity contribution in [2.75, 3.05) is 13.6 Å². The fraction of sp³-hybridized carbons (Fsp3) is 0.611. The zero-order valence-corrected chi connectivity index (χ0v) is 14.7. The van der Waals surface area contributed by atoms with Gasteiger partial charge >= 0.3 is 0 Å². The van der Waals surface area contributed by atoms with Gasteiger partial charge in [-0.2, -0.15) is 0 Å². The van der Waals surface area contributed by atoms with E-state index in [-0.39, 0.29) is 16.7 Å². The van der Waals surface area contributed by atoms with E-state index in [1.165, 1.54) is 0 Å². The second-order valence-corrected chi connectivity index (χ2v) is 7.74. The first-order valence-electron chi connectivity index (χ1n) is 7.53. The fourth-order valence-electron chi connectivity index (χ4n) is 2.27. The summed E-state index contributed by atoms with van der Waals surface area (Å²) in [6.45, 7) is 14.9. The van der Waals surface area contributed by atoms with Crippen LogP contribution in [-0.2, 0) is 10.8 Å². The molecule has 1 aromatic carbocycles. The number of carbonyl (C=O) groups is 1. The van der Waals surface area contributed by atoms with Gasteiger partial charge in [0.2, 0.25) is 0 Å². The molecule has 0 aliphatic heterocycles. The van der Waals surface area contributed by atoms with Gasteiger partial charge in [-0.25, -0.2) is 0 Å². The molecule has 118 valence electrons. The molecule has 0 aliphatic carbocycles. The minimum Gasteiger partial charge on any atom is -0.507 e. The molecule has 0 radical (unpaired) electrons. The third kappa shape index (κ3) is 3.78. The second kappa shape index (κ2) is 5.70. The quantitative estimate of drug-likeness (QED) is 0.892. The highest BCUT2D eigenvalue weighted by atomic mass is 16.3. The summed E-state index contributed by atoms with van der Waals surface area (Å²) in [6, 6.07) is 3.66. The van der Waals surface area contributed by atoms with Crippen molar-refractivity contribution in [3.8, 4) is 5.75 Å².